The van der Waals surface area contributed by atoms with E-state index in [4.69, 9.17) is 14.2 Å². The summed E-state index contributed by atoms with van der Waals surface area (Å²) >= 11 is 0. The summed E-state index contributed by atoms with van der Waals surface area (Å²) in [4.78, 5) is 26.2. The fourth-order valence-corrected chi connectivity index (χ4v) is 4.26. The molecule has 1 heterocycles. The van der Waals surface area contributed by atoms with Gasteiger partial charge < -0.3 is 19.1 Å². The van der Waals surface area contributed by atoms with Crippen LogP contribution in [0.4, 0.5) is 10.1 Å². The molecule has 0 aromatic heterocycles. The lowest BCUT2D eigenvalue weighted by Crippen LogP contribution is -2.42. The molecule has 0 fully saturated rings. The third-order valence-corrected chi connectivity index (χ3v) is 6.14. The lowest BCUT2D eigenvalue weighted by molar-refractivity contribution is -0.385. The summed E-state index contributed by atoms with van der Waals surface area (Å²) in [6.07, 6.45) is 0.558. The molecule has 0 N–H and O–H groups in total. The first kappa shape index (κ1) is 24.0. The number of nitro groups is 1. The maximum absolute atomic E-state index is 13.6. The fraction of sp³-hybridized carbons (Fsp3) is 0.269. The molecule has 0 spiro atoms. The van der Waals surface area contributed by atoms with Crippen LogP contribution in [0.2, 0.25) is 0 Å². The molecule has 1 aliphatic rings. The van der Waals surface area contributed by atoms with Crippen molar-refractivity contribution in [2.24, 2.45) is 0 Å². The lowest BCUT2D eigenvalue weighted by atomic mass is 9.91. The Morgan fingerprint density at radius 1 is 1.09 bits per heavy atom. The summed E-state index contributed by atoms with van der Waals surface area (Å²) in [5.74, 6) is 0.824. The quantitative estimate of drug-likeness (QED) is 0.354. The molecule has 35 heavy (non-hydrogen) atoms. The summed E-state index contributed by atoms with van der Waals surface area (Å²) in [5.41, 5.74) is 2.39. The second-order valence-electron chi connectivity index (χ2n) is 8.19. The summed E-state index contributed by atoms with van der Waals surface area (Å²) in [6.45, 7) is 2.09. The number of benzene rings is 3. The van der Waals surface area contributed by atoms with E-state index in [1.165, 1.54) is 37.4 Å². The molecule has 3 aromatic carbocycles. The zero-order chi connectivity index (χ0) is 25.1. The van der Waals surface area contributed by atoms with Crippen LogP contribution in [0.15, 0.2) is 54.6 Å². The highest BCUT2D eigenvalue weighted by atomic mass is 19.1. The number of hydrogen-bond donors (Lipinski definition) is 0. The van der Waals surface area contributed by atoms with E-state index in [1.54, 1.807) is 31.1 Å². The van der Waals surface area contributed by atoms with Crippen LogP contribution in [-0.4, -0.2) is 43.1 Å². The number of nitrogens with zero attached hydrogens (tertiary/aromatic N) is 2. The summed E-state index contributed by atoms with van der Waals surface area (Å²) < 4.78 is 30.2. The highest BCUT2D eigenvalue weighted by Gasteiger charge is 2.34. The Bertz CT molecular complexity index is 1260. The smallest absolute Gasteiger partial charge is 0.273 e. The maximum Gasteiger partial charge on any atom is 0.273 e. The predicted molar refractivity (Wildman–Crippen MR) is 127 cm³/mol. The monoisotopic (exact) mass is 480 g/mol. The minimum Gasteiger partial charge on any atom is -0.493 e. The van der Waals surface area contributed by atoms with Crippen LogP contribution in [0.5, 0.6) is 17.2 Å². The van der Waals surface area contributed by atoms with Crippen LogP contribution in [0, 0.1) is 22.9 Å². The molecular formula is C26H25FN2O6. The van der Waals surface area contributed by atoms with Gasteiger partial charge in [0.05, 0.1) is 25.2 Å². The van der Waals surface area contributed by atoms with Crippen molar-refractivity contribution < 1.29 is 28.3 Å². The minimum atomic E-state index is -0.517. The van der Waals surface area contributed by atoms with Gasteiger partial charge in [-0.2, -0.15) is 0 Å². The van der Waals surface area contributed by atoms with E-state index in [-0.39, 0.29) is 29.6 Å². The van der Waals surface area contributed by atoms with Crippen LogP contribution in [0.1, 0.15) is 33.1 Å². The van der Waals surface area contributed by atoms with E-state index in [0.717, 1.165) is 11.1 Å². The zero-order valence-electron chi connectivity index (χ0n) is 19.6. The molecule has 1 amide bonds. The number of amides is 1. The molecule has 1 atom stereocenters. The lowest BCUT2D eigenvalue weighted by Gasteiger charge is -2.37. The van der Waals surface area contributed by atoms with E-state index >= 15 is 0 Å². The summed E-state index contributed by atoms with van der Waals surface area (Å²) in [6, 6.07) is 13.3. The minimum absolute atomic E-state index is 0.0911. The molecule has 0 saturated heterocycles. The third kappa shape index (κ3) is 4.89. The molecule has 1 aliphatic heterocycles. The number of methoxy groups -OCH3 is 2. The highest BCUT2D eigenvalue weighted by molar-refractivity contribution is 5.95. The Kier molecular flexibility index (Phi) is 6.86. The Hall–Kier alpha value is -4.14. The first-order valence-electron chi connectivity index (χ1n) is 11.0. The average molecular weight is 480 g/mol. The number of aryl methyl sites for hydroxylation is 1. The van der Waals surface area contributed by atoms with Crippen molar-refractivity contribution >= 4 is 11.6 Å². The van der Waals surface area contributed by atoms with Crippen LogP contribution < -0.4 is 14.2 Å². The Balaban J connectivity index is 1.72. The van der Waals surface area contributed by atoms with E-state index < -0.39 is 11.0 Å². The van der Waals surface area contributed by atoms with Crippen LogP contribution in [0.25, 0.3) is 0 Å². The van der Waals surface area contributed by atoms with Gasteiger partial charge in [0, 0.05) is 23.7 Å². The van der Waals surface area contributed by atoms with Gasteiger partial charge in [-0.05, 0) is 66.9 Å². The molecule has 182 valence electrons. The van der Waals surface area contributed by atoms with E-state index in [0.29, 0.717) is 35.8 Å². The van der Waals surface area contributed by atoms with Crippen LogP contribution in [-0.2, 0) is 6.42 Å². The molecule has 0 bridgehead atoms. The Labute approximate surface area is 202 Å². The van der Waals surface area contributed by atoms with Gasteiger partial charge in [-0.3, -0.25) is 14.9 Å². The highest BCUT2D eigenvalue weighted by Crippen LogP contribution is 2.39. The molecule has 8 nitrogen and oxygen atoms in total. The predicted octanol–water partition coefficient (Wildman–Crippen LogP) is 4.88. The second-order valence-corrected chi connectivity index (χ2v) is 8.19. The van der Waals surface area contributed by atoms with Crippen molar-refractivity contribution in [3.05, 3.63) is 92.8 Å². The van der Waals surface area contributed by atoms with Gasteiger partial charge in [-0.25, -0.2) is 4.39 Å². The first-order chi connectivity index (χ1) is 16.8. The topological polar surface area (TPSA) is 91.1 Å². The standard InChI is InChI=1S/C26H25FN2O6/c1-16-4-5-18(12-22(16)29(31)32)26(30)28-11-10-17-13-24(33-2)25(34-3)14-21(17)23(28)15-35-20-8-6-19(27)7-9-20/h4-9,12-14,23H,10-11,15H2,1-3H3/t23-/m0/s1. The molecular weight excluding hydrogens is 455 g/mol. The first-order valence-corrected chi connectivity index (χ1v) is 11.0. The van der Waals surface area contributed by atoms with Crippen molar-refractivity contribution in [3.8, 4) is 17.2 Å². The summed E-state index contributed by atoms with van der Waals surface area (Å²) in [7, 11) is 3.09. The number of hydrogen-bond acceptors (Lipinski definition) is 6. The van der Waals surface area contributed by atoms with Crippen molar-refractivity contribution in [1.29, 1.82) is 0 Å². The molecule has 3 aromatic rings. The average Bonchev–Trinajstić information content (AvgIpc) is 2.86. The molecule has 0 saturated carbocycles. The molecule has 0 radical (unpaired) electrons. The summed E-state index contributed by atoms with van der Waals surface area (Å²) in [5, 5.41) is 11.4. The number of rotatable bonds is 7. The third-order valence-electron chi connectivity index (χ3n) is 6.14. The van der Waals surface area contributed by atoms with Gasteiger partial charge in [0.2, 0.25) is 0 Å². The number of carbonyl (C=O) groups is 1. The number of ether oxygens (including phenoxy) is 3. The zero-order valence-corrected chi connectivity index (χ0v) is 19.6. The molecule has 4 rings (SSSR count). The van der Waals surface area contributed by atoms with Crippen LogP contribution in [0.3, 0.4) is 0 Å². The van der Waals surface area contributed by atoms with Crippen molar-refractivity contribution in [1.82, 2.24) is 4.90 Å². The van der Waals surface area contributed by atoms with Gasteiger partial charge in [-0.15, -0.1) is 0 Å². The molecule has 9 heteroatoms. The van der Waals surface area contributed by atoms with Gasteiger partial charge in [0.1, 0.15) is 18.2 Å². The largest absolute Gasteiger partial charge is 0.493 e. The second kappa shape index (κ2) is 10.0. The Morgan fingerprint density at radius 2 is 1.77 bits per heavy atom. The number of carbonyl (C=O) groups excluding carboxylic acids is 1. The Morgan fingerprint density at radius 3 is 2.43 bits per heavy atom. The number of halogens is 1. The molecule has 0 unspecified atom stereocenters. The SMILES string of the molecule is COc1cc2c(cc1OC)[C@H](COc1ccc(F)cc1)N(C(=O)c1ccc(C)c([N+](=O)[O-])c1)CC2. The van der Waals surface area contributed by atoms with Crippen molar-refractivity contribution in [2.45, 2.75) is 19.4 Å². The van der Waals surface area contributed by atoms with Gasteiger partial charge in [0.25, 0.3) is 11.6 Å². The van der Waals surface area contributed by atoms with E-state index in [2.05, 4.69) is 0 Å². The van der Waals surface area contributed by atoms with E-state index in [9.17, 15) is 19.3 Å². The van der Waals surface area contributed by atoms with Crippen molar-refractivity contribution in [3.63, 3.8) is 0 Å². The van der Waals surface area contributed by atoms with Gasteiger partial charge in [0.15, 0.2) is 11.5 Å². The van der Waals surface area contributed by atoms with Gasteiger partial charge >= 0.3 is 0 Å². The molecule has 0 aliphatic carbocycles. The fourth-order valence-electron chi connectivity index (χ4n) is 4.26. The van der Waals surface area contributed by atoms with Crippen LogP contribution >= 0.6 is 0 Å². The van der Waals surface area contributed by atoms with E-state index in [1.807, 2.05) is 12.1 Å². The number of nitro benzene ring substituents is 1. The number of fused-ring (bicyclic) bond motifs is 1. The van der Waals surface area contributed by atoms with Crippen molar-refractivity contribution in [2.75, 3.05) is 27.4 Å². The maximum atomic E-state index is 13.6. The van der Waals surface area contributed by atoms with Gasteiger partial charge in [-0.1, -0.05) is 6.07 Å². The normalized spacial score (nSPS) is 14.7.